The molecule has 0 aliphatic carbocycles. The molecule has 2 rings (SSSR count). The molecule has 0 saturated carbocycles. The van der Waals surface area contributed by atoms with Crippen LogP contribution in [0.15, 0.2) is 10.8 Å². The number of hydrogen-bond donors (Lipinski definition) is 0. The molecule has 13 heavy (non-hydrogen) atoms. The molecule has 0 bridgehead atoms. The number of fused-ring (bicyclic) bond motifs is 1. The molecule has 0 saturated heterocycles. The van der Waals surface area contributed by atoms with Crippen molar-refractivity contribution in [2.24, 2.45) is 0 Å². The summed E-state index contributed by atoms with van der Waals surface area (Å²) in [5, 5.41) is 5.34. The summed E-state index contributed by atoms with van der Waals surface area (Å²) in [5.74, 6) is -1.44. The fraction of sp³-hybridized carbons (Fsp3) is 0.200. The summed E-state index contributed by atoms with van der Waals surface area (Å²) in [4.78, 5) is 0. The Balaban J connectivity index is 3.02. The molecular weight excluding hydrogens is 190 g/mol. The van der Waals surface area contributed by atoms with Gasteiger partial charge in [-0.25, -0.2) is 8.78 Å². The van der Waals surface area contributed by atoms with Gasteiger partial charge < -0.3 is 0 Å². The lowest BCUT2D eigenvalue weighted by molar-refractivity contribution is 0.501. The van der Waals surface area contributed by atoms with Crippen molar-refractivity contribution < 1.29 is 8.78 Å². The van der Waals surface area contributed by atoms with Crippen LogP contribution in [0, 0.1) is 25.5 Å². The quantitative estimate of drug-likeness (QED) is 0.604. The molecule has 0 N–H and O–H groups in total. The number of aryl methyl sites for hydroxylation is 2. The predicted octanol–water partition coefficient (Wildman–Crippen LogP) is 3.80. The maximum absolute atomic E-state index is 13.2. The van der Waals surface area contributed by atoms with E-state index in [2.05, 4.69) is 0 Å². The number of hydrogen-bond acceptors (Lipinski definition) is 1. The summed E-state index contributed by atoms with van der Waals surface area (Å²) >= 11 is 1.47. The van der Waals surface area contributed by atoms with Gasteiger partial charge in [0.25, 0.3) is 0 Å². The Kier molecular flexibility index (Phi) is 1.84. The van der Waals surface area contributed by atoms with Crippen molar-refractivity contribution in [2.75, 3.05) is 0 Å². The first-order valence-corrected chi connectivity index (χ1v) is 4.87. The lowest BCUT2D eigenvalue weighted by Crippen LogP contribution is -1.93. The van der Waals surface area contributed by atoms with Gasteiger partial charge in [0, 0.05) is 0 Å². The van der Waals surface area contributed by atoms with Gasteiger partial charge in [-0.3, -0.25) is 0 Å². The van der Waals surface area contributed by atoms with Gasteiger partial charge in [-0.05, 0) is 46.5 Å². The van der Waals surface area contributed by atoms with Crippen LogP contribution in [0.3, 0.4) is 0 Å². The number of thiophene rings is 1. The second-order valence-corrected chi connectivity index (χ2v) is 3.82. The summed E-state index contributed by atoms with van der Waals surface area (Å²) in [6.45, 7) is 3.21. The van der Waals surface area contributed by atoms with Gasteiger partial charge >= 0.3 is 0 Å². The highest BCUT2D eigenvalue weighted by Gasteiger charge is 2.14. The molecule has 0 nitrogen and oxygen atoms in total. The van der Waals surface area contributed by atoms with Crippen molar-refractivity contribution in [1.82, 2.24) is 0 Å². The van der Waals surface area contributed by atoms with Crippen LogP contribution in [-0.2, 0) is 0 Å². The van der Waals surface area contributed by atoms with E-state index in [-0.39, 0.29) is 0 Å². The lowest BCUT2D eigenvalue weighted by atomic mass is 10.0. The summed E-state index contributed by atoms with van der Waals surface area (Å²) in [6.07, 6.45) is 0. The third-order valence-electron chi connectivity index (χ3n) is 2.32. The van der Waals surface area contributed by atoms with Crippen LogP contribution in [-0.4, -0.2) is 0 Å². The van der Waals surface area contributed by atoms with Crippen LogP contribution in [0.2, 0.25) is 0 Å². The van der Waals surface area contributed by atoms with Gasteiger partial charge in [-0.2, -0.15) is 11.3 Å². The van der Waals surface area contributed by atoms with E-state index in [0.717, 1.165) is 10.8 Å². The van der Waals surface area contributed by atoms with Crippen molar-refractivity contribution in [3.05, 3.63) is 33.5 Å². The molecule has 0 fully saturated rings. The highest BCUT2D eigenvalue weighted by atomic mass is 32.1. The van der Waals surface area contributed by atoms with Crippen molar-refractivity contribution >= 4 is 22.1 Å². The molecule has 2 aromatic rings. The Bertz CT molecular complexity index is 429. The van der Waals surface area contributed by atoms with Crippen LogP contribution < -0.4 is 0 Å². The van der Waals surface area contributed by atoms with Crippen molar-refractivity contribution in [2.45, 2.75) is 13.8 Å². The van der Waals surface area contributed by atoms with Gasteiger partial charge in [-0.1, -0.05) is 0 Å². The van der Waals surface area contributed by atoms with Gasteiger partial charge in [0.1, 0.15) is 0 Å². The second-order valence-electron chi connectivity index (χ2n) is 3.08. The summed E-state index contributed by atoms with van der Waals surface area (Å²) in [7, 11) is 0. The molecule has 0 aliphatic rings. The third-order valence-corrected chi connectivity index (χ3v) is 3.06. The molecule has 1 aromatic heterocycles. The first-order valence-electron chi connectivity index (χ1n) is 3.93. The monoisotopic (exact) mass is 198 g/mol. The van der Waals surface area contributed by atoms with E-state index < -0.39 is 11.6 Å². The number of rotatable bonds is 0. The summed E-state index contributed by atoms with van der Waals surface area (Å²) in [6, 6.07) is 0. The fourth-order valence-corrected chi connectivity index (χ4v) is 2.39. The zero-order chi connectivity index (χ0) is 9.59. The molecule has 0 atom stereocenters. The Morgan fingerprint density at radius 2 is 1.31 bits per heavy atom. The van der Waals surface area contributed by atoms with Crippen molar-refractivity contribution in [1.29, 1.82) is 0 Å². The van der Waals surface area contributed by atoms with Gasteiger partial charge in [0.2, 0.25) is 0 Å². The topological polar surface area (TPSA) is 0 Å². The van der Waals surface area contributed by atoms with E-state index in [1.54, 1.807) is 13.8 Å². The molecule has 0 radical (unpaired) electrons. The average molecular weight is 198 g/mol. The Labute approximate surface area is 78.8 Å². The minimum Gasteiger partial charge on any atom is -0.203 e. The fourth-order valence-electron chi connectivity index (χ4n) is 1.44. The van der Waals surface area contributed by atoms with Gasteiger partial charge in [-0.15, -0.1) is 0 Å². The van der Waals surface area contributed by atoms with E-state index in [1.807, 2.05) is 10.8 Å². The van der Waals surface area contributed by atoms with E-state index in [9.17, 15) is 8.78 Å². The minimum atomic E-state index is -0.719. The molecule has 1 aromatic carbocycles. The van der Waals surface area contributed by atoms with Gasteiger partial charge in [0.15, 0.2) is 11.6 Å². The SMILES string of the molecule is Cc1c(F)c(F)c(C)c2cscc12. The first-order chi connectivity index (χ1) is 6.13. The third kappa shape index (κ3) is 1.07. The Morgan fingerprint density at radius 3 is 1.69 bits per heavy atom. The summed E-state index contributed by atoms with van der Waals surface area (Å²) < 4.78 is 26.5. The zero-order valence-electron chi connectivity index (χ0n) is 7.32. The maximum atomic E-state index is 13.2. The zero-order valence-corrected chi connectivity index (χ0v) is 8.14. The highest BCUT2D eigenvalue weighted by Crippen LogP contribution is 2.30. The molecule has 1 heterocycles. The minimum absolute atomic E-state index is 0.402. The Morgan fingerprint density at radius 1 is 0.923 bits per heavy atom. The number of benzene rings is 1. The smallest absolute Gasteiger partial charge is 0.162 e. The van der Waals surface area contributed by atoms with Crippen LogP contribution >= 0.6 is 11.3 Å². The molecule has 0 amide bonds. The molecule has 3 heteroatoms. The van der Waals surface area contributed by atoms with Crippen LogP contribution in [0.4, 0.5) is 8.78 Å². The van der Waals surface area contributed by atoms with E-state index >= 15 is 0 Å². The molecule has 0 unspecified atom stereocenters. The highest BCUT2D eigenvalue weighted by molar-refractivity contribution is 7.09. The lowest BCUT2D eigenvalue weighted by Gasteiger charge is -2.04. The number of halogens is 2. The largest absolute Gasteiger partial charge is 0.203 e. The molecule has 0 spiro atoms. The standard InChI is InChI=1S/C10H8F2S/c1-5-7-3-13-4-8(7)6(2)10(12)9(5)11/h3-4H,1-2H3. The van der Waals surface area contributed by atoms with Crippen LogP contribution in [0.1, 0.15) is 11.1 Å². The second kappa shape index (κ2) is 2.77. The first kappa shape index (κ1) is 8.63. The average Bonchev–Trinajstić information content (AvgIpc) is 2.59. The summed E-state index contributed by atoms with van der Waals surface area (Å²) in [5.41, 5.74) is 0.804. The van der Waals surface area contributed by atoms with Crippen LogP contribution in [0.5, 0.6) is 0 Å². The van der Waals surface area contributed by atoms with Crippen LogP contribution in [0.25, 0.3) is 10.8 Å². The van der Waals surface area contributed by atoms with E-state index in [1.165, 1.54) is 11.3 Å². The van der Waals surface area contributed by atoms with E-state index in [4.69, 9.17) is 0 Å². The normalized spacial score (nSPS) is 11.1. The van der Waals surface area contributed by atoms with Gasteiger partial charge in [0.05, 0.1) is 0 Å². The molecule has 68 valence electrons. The maximum Gasteiger partial charge on any atom is 0.162 e. The Hall–Kier alpha value is -0.960. The predicted molar refractivity (Wildman–Crippen MR) is 51.2 cm³/mol. The van der Waals surface area contributed by atoms with Crippen molar-refractivity contribution in [3.8, 4) is 0 Å². The van der Waals surface area contributed by atoms with Crippen molar-refractivity contribution in [3.63, 3.8) is 0 Å². The molecular formula is C10H8F2S. The molecule has 0 aliphatic heterocycles. The van der Waals surface area contributed by atoms with E-state index in [0.29, 0.717) is 11.1 Å².